The maximum atomic E-state index is 12.7. The van der Waals surface area contributed by atoms with E-state index in [1.165, 1.54) is 12.1 Å². The minimum atomic E-state index is -0.266. The van der Waals surface area contributed by atoms with Crippen LogP contribution in [0.25, 0.3) is 0 Å². The zero-order chi connectivity index (χ0) is 12.8. The molecule has 2 rings (SSSR count). The van der Waals surface area contributed by atoms with Crippen LogP contribution in [0.3, 0.4) is 0 Å². The predicted octanol–water partition coefficient (Wildman–Crippen LogP) is 2.33. The summed E-state index contributed by atoms with van der Waals surface area (Å²) in [5, 5.41) is 2.81. The normalized spacial score (nSPS) is 10.3. The first-order valence-electron chi connectivity index (χ1n) is 5.86. The smallest absolute Gasteiger partial charge is 0.222 e. The molecule has 1 N–H and O–H groups in total. The number of amides is 1. The Morgan fingerprint density at radius 2 is 1.83 bits per heavy atom. The number of aryl methyl sites for hydroxylation is 1. The average molecular weight is 246 g/mol. The van der Waals surface area contributed by atoms with E-state index in [4.69, 9.17) is 0 Å². The van der Waals surface area contributed by atoms with Gasteiger partial charge < -0.3 is 9.88 Å². The van der Waals surface area contributed by atoms with Crippen molar-refractivity contribution in [1.82, 2.24) is 9.88 Å². The lowest BCUT2D eigenvalue weighted by molar-refractivity contribution is -0.121. The van der Waals surface area contributed by atoms with Crippen molar-refractivity contribution in [3.8, 4) is 0 Å². The summed E-state index contributed by atoms with van der Waals surface area (Å²) in [6, 6.07) is 9.97. The number of rotatable bonds is 5. The summed E-state index contributed by atoms with van der Waals surface area (Å²) in [7, 11) is 0. The second kappa shape index (κ2) is 6.00. The van der Waals surface area contributed by atoms with Crippen LogP contribution in [0.4, 0.5) is 4.39 Å². The van der Waals surface area contributed by atoms with Crippen LogP contribution in [0.15, 0.2) is 48.8 Å². The first-order valence-corrected chi connectivity index (χ1v) is 5.86. The molecule has 1 heterocycles. The Morgan fingerprint density at radius 1 is 1.17 bits per heavy atom. The molecule has 0 bridgehead atoms. The molecule has 4 heteroatoms. The summed E-state index contributed by atoms with van der Waals surface area (Å²) in [6.07, 6.45) is 4.29. The molecule has 0 saturated carbocycles. The SMILES string of the molecule is O=C(CCn1cccc1)NCc1ccc(F)cc1. The van der Waals surface area contributed by atoms with Gasteiger partial charge in [0.2, 0.25) is 5.91 Å². The fourth-order valence-corrected chi connectivity index (χ4v) is 1.64. The van der Waals surface area contributed by atoms with Gasteiger partial charge in [-0.05, 0) is 29.8 Å². The van der Waals surface area contributed by atoms with E-state index in [2.05, 4.69) is 5.32 Å². The van der Waals surface area contributed by atoms with E-state index in [0.717, 1.165) is 5.56 Å². The number of carbonyl (C=O) groups excluding carboxylic acids is 1. The van der Waals surface area contributed by atoms with Crippen LogP contribution in [-0.4, -0.2) is 10.5 Å². The number of benzene rings is 1. The Balaban J connectivity index is 1.73. The number of aromatic nitrogens is 1. The van der Waals surface area contributed by atoms with Gasteiger partial charge in [0.25, 0.3) is 0 Å². The van der Waals surface area contributed by atoms with Crippen LogP contribution >= 0.6 is 0 Å². The molecule has 94 valence electrons. The molecule has 1 amide bonds. The third kappa shape index (κ3) is 3.73. The largest absolute Gasteiger partial charge is 0.354 e. The molecule has 0 spiro atoms. The molecule has 0 aliphatic carbocycles. The molecule has 3 nitrogen and oxygen atoms in total. The highest BCUT2D eigenvalue weighted by Gasteiger charge is 2.01. The van der Waals surface area contributed by atoms with E-state index in [9.17, 15) is 9.18 Å². The number of halogens is 1. The average Bonchev–Trinajstić information content (AvgIpc) is 2.89. The molecule has 0 saturated heterocycles. The van der Waals surface area contributed by atoms with Gasteiger partial charge in [-0.3, -0.25) is 4.79 Å². The summed E-state index contributed by atoms with van der Waals surface area (Å²) in [4.78, 5) is 11.6. The predicted molar refractivity (Wildman–Crippen MR) is 67.3 cm³/mol. The number of carbonyl (C=O) groups is 1. The van der Waals surface area contributed by atoms with E-state index < -0.39 is 0 Å². The summed E-state index contributed by atoms with van der Waals surface area (Å²) in [5.41, 5.74) is 0.894. The van der Waals surface area contributed by atoms with Gasteiger partial charge in [-0.2, -0.15) is 0 Å². The van der Waals surface area contributed by atoms with Gasteiger partial charge in [0.05, 0.1) is 0 Å². The van der Waals surface area contributed by atoms with Crippen LogP contribution < -0.4 is 5.32 Å². The molecular weight excluding hydrogens is 231 g/mol. The molecule has 2 aromatic rings. The van der Waals surface area contributed by atoms with Crippen molar-refractivity contribution in [2.45, 2.75) is 19.5 Å². The molecule has 0 fully saturated rings. The topological polar surface area (TPSA) is 34.0 Å². The summed E-state index contributed by atoms with van der Waals surface area (Å²) in [6.45, 7) is 1.10. The van der Waals surface area contributed by atoms with Crippen molar-refractivity contribution >= 4 is 5.91 Å². The van der Waals surface area contributed by atoms with Crippen molar-refractivity contribution < 1.29 is 9.18 Å². The van der Waals surface area contributed by atoms with Crippen molar-refractivity contribution in [3.63, 3.8) is 0 Å². The molecule has 0 aliphatic heterocycles. The molecule has 1 aromatic heterocycles. The number of nitrogens with zero attached hydrogens (tertiary/aromatic N) is 1. The molecule has 0 atom stereocenters. The van der Waals surface area contributed by atoms with Crippen LogP contribution in [0.5, 0.6) is 0 Å². The Bertz CT molecular complexity index is 491. The molecular formula is C14H15FN2O. The maximum Gasteiger partial charge on any atom is 0.222 e. The molecule has 0 radical (unpaired) electrons. The fourth-order valence-electron chi connectivity index (χ4n) is 1.64. The van der Waals surface area contributed by atoms with Crippen LogP contribution in [0.2, 0.25) is 0 Å². The van der Waals surface area contributed by atoms with E-state index in [1.54, 1.807) is 12.1 Å². The lowest BCUT2D eigenvalue weighted by atomic mass is 10.2. The van der Waals surface area contributed by atoms with Gasteiger partial charge in [-0.1, -0.05) is 12.1 Å². The zero-order valence-corrected chi connectivity index (χ0v) is 9.97. The third-order valence-electron chi connectivity index (χ3n) is 2.67. The van der Waals surface area contributed by atoms with Crippen LogP contribution in [0, 0.1) is 5.82 Å². The highest BCUT2D eigenvalue weighted by atomic mass is 19.1. The maximum absolute atomic E-state index is 12.7. The summed E-state index contributed by atoms with van der Waals surface area (Å²) in [5.74, 6) is -0.272. The van der Waals surface area contributed by atoms with Crippen molar-refractivity contribution in [3.05, 3.63) is 60.2 Å². The van der Waals surface area contributed by atoms with Gasteiger partial charge in [0.1, 0.15) is 5.82 Å². The molecule has 1 aromatic carbocycles. The lowest BCUT2D eigenvalue weighted by Gasteiger charge is -2.06. The number of hydrogen-bond donors (Lipinski definition) is 1. The quantitative estimate of drug-likeness (QED) is 0.863. The Hall–Kier alpha value is -2.10. The summed E-state index contributed by atoms with van der Waals surface area (Å²) < 4.78 is 14.6. The van der Waals surface area contributed by atoms with E-state index in [0.29, 0.717) is 19.5 Å². The van der Waals surface area contributed by atoms with Gasteiger partial charge >= 0.3 is 0 Å². The monoisotopic (exact) mass is 246 g/mol. The van der Waals surface area contributed by atoms with Crippen LogP contribution in [-0.2, 0) is 17.9 Å². The standard InChI is InChI=1S/C14H15FN2O/c15-13-5-3-12(4-6-13)11-16-14(18)7-10-17-8-1-2-9-17/h1-6,8-9H,7,10-11H2,(H,16,18). The second-order valence-corrected chi connectivity index (χ2v) is 4.07. The first-order chi connectivity index (χ1) is 8.74. The third-order valence-corrected chi connectivity index (χ3v) is 2.67. The van der Waals surface area contributed by atoms with Gasteiger partial charge in [-0.25, -0.2) is 4.39 Å². The second-order valence-electron chi connectivity index (χ2n) is 4.07. The van der Waals surface area contributed by atoms with Gasteiger partial charge in [0, 0.05) is 31.9 Å². The Morgan fingerprint density at radius 3 is 2.50 bits per heavy atom. The molecule has 0 unspecified atom stereocenters. The molecule has 0 aliphatic rings. The highest BCUT2D eigenvalue weighted by molar-refractivity contribution is 5.75. The summed E-state index contributed by atoms with van der Waals surface area (Å²) >= 11 is 0. The zero-order valence-electron chi connectivity index (χ0n) is 9.97. The molecule has 18 heavy (non-hydrogen) atoms. The van der Waals surface area contributed by atoms with Crippen molar-refractivity contribution in [2.24, 2.45) is 0 Å². The first kappa shape index (κ1) is 12.4. The lowest BCUT2D eigenvalue weighted by Crippen LogP contribution is -2.23. The van der Waals surface area contributed by atoms with E-state index >= 15 is 0 Å². The number of nitrogens with one attached hydrogen (secondary N) is 1. The fraction of sp³-hybridized carbons (Fsp3) is 0.214. The van der Waals surface area contributed by atoms with E-state index in [-0.39, 0.29) is 11.7 Å². The van der Waals surface area contributed by atoms with Gasteiger partial charge in [0.15, 0.2) is 0 Å². The minimum Gasteiger partial charge on any atom is -0.354 e. The van der Waals surface area contributed by atoms with Crippen LogP contribution in [0.1, 0.15) is 12.0 Å². The van der Waals surface area contributed by atoms with E-state index in [1.807, 2.05) is 29.1 Å². The number of hydrogen-bond acceptors (Lipinski definition) is 1. The highest BCUT2D eigenvalue weighted by Crippen LogP contribution is 2.02. The van der Waals surface area contributed by atoms with Gasteiger partial charge in [-0.15, -0.1) is 0 Å². The Labute approximate surface area is 105 Å². The Kier molecular flexibility index (Phi) is 4.12. The minimum absolute atomic E-state index is 0.00646. The van der Waals surface area contributed by atoms with Crippen molar-refractivity contribution in [2.75, 3.05) is 0 Å². The van der Waals surface area contributed by atoms with Crippen molar-refractivity contribution in [1.29, 1.82) is 0 Å².